The fourth-order valence-corrected chi connectivity index (χ4v) is 3.02. The summed E-state index contributed by atoms with van der Waals surface area (Å²) < 4.78 is 6.19. The van der Waals surface area contributed by atoms with E-state index in [0.29, 0.717) is 5.25 Å². The van der Waals surface area contributed by atoms with Crippen LogP contribution in [0.4, 0.5) is 0 Å². The molecule has 0 aromatic heterocycles. The number of ether oxygens (including phenoxy) is 1. The number of hydrogen-bond acceptors (Lipinski definition) is 3. The Morgan fingerprint density at radius 3 is 2.73 bits per heavy atom. The van der Waals surface area contributed by atoms with Crippen LogP contribution in [-0.4, -0.2) is 23.6 Å². The highest BCUT2D eigenvalue weighted by Gasteiger charge is 2.20. The van der Waals surface area contributed by atoms with Gasteiger partial charge in [-0.1, -0.05) is 6.07 Å². The van der Waals surface area contributed by atoms with Gasteiger partial charge in [0, 0.05) is 9.37 Å². The molecule has 2 rings (SSSR count). The lowest BCUT2D eigenvalue weighted by atomic mass is 10.1. The van der Waals surface area contributed by atoms with Crippen LogP contribution in [0.25, 0.3) is 0 Å². The summed E-state index contributed by atoms with van der Waals surface area (Å²) in [6.45, 7) is 3.46. The fraction of sp³-hybridized carbons (Fsp3) is 0.455. The molecule has 1 heterocycles. The van der Waals surface area contributed by atoms with Crippen molar-refractivity contribution < 1.29 is 9.84 Å². The maximum Gasteiger partial charge on any atom is 0.0762 e. The van der Waals surface area contributed by atoms with E-state index in [2.05, 4.69) is 22.0 Å². The van der Waals surface area contributed by atoms with Crippen molar-refractivity contribution in [2.45, 2.75) is 23.2 Å². The van der Waals surface area contributed by atoms with Crippen molar-refractivity contribution in [1.29, 1.82) is 0 Å². The zero-order valence-corrected chi connectivity index (χ0v) is 10.8. The van der Waals surface area contributed by atoms with E-state index in [0.717, 1.165) is 23.2 Å². The second-order valence-corrected chi connectivity index (χ2v) is 5.84. The first-order chi connectivity index (χ1) is 7.16. The van der Waals surface area contributed by atoms with Crippen LogP contribution in [0.15, 0.2) is 27.6 Å². The van der Waals surface area contributed by atoms with Crippen LogP contribution in [0.5, 0.6) is 0 Å². The van der Waals surface area contributed by atoms with Crippen molar-refractivity contribution in [2.24, 2.45) is 0 Å². The average Bonchev–Trinajstić information content (AvgIpc) is 2.12. The van der Waals surface area contributed by atoms with Crippen LogP contribution in [0, 0.1) is 0 Å². The summed E-state index contributed by atoms with van der Waals surface area (Å²) in [5.74, 6) is 0. The summed E-state index contributed by atoms with van der Waals surface area (Å²) in [5, 5.41) is 10.0. The number of hydrogen-bond donors (Lipinski definition) is 1. The highest BCUT2D eigenvalue weighted by molar-refractivity contribution is 9.10. The molecule has 1 N–H and O–H groups in total. The lowest BCUT2D eigenvalue weighted by Gasteiger charge is -2.25. The van der Waals surface area contributed by atoms with E-state index in [1.165, 1.54) is 4.90 Å². The van der Waals surface area contributed by atoms with Gasteiger partial charge in [0.2, 0.25) is 0 Å². The molecule has 1 aliphatic heterocycles. The van der Waals surface area contributed by atoms with Gasteiger partial charge in [0.1, 0.15) is 0 Å². The molecule has 1 aromatic rings. The maximum atomic E-state index is 9.43. The summed E-state index contributed by atoms with van der Waals surface area (Å²) in [6.07, 6.45) is -0.410. The number of aliphatic hydroxyl groups excluding tert-OH is 1. The normalized spacial score (nSPS) is 18.6. The van der Waals surface area contributed by atoms with E-state index < -0.39 is 6.10 Å². The highest BCUT2D eigenvalue weighted by Crippen LogP contribution is 2.34. The third-order valence-corrected chi connectivity index (χ3v) is 4.47. The first-order valence-corrected chi connectivity index (χ1v) is 6.56. The largest absolute Gasteiger partial charge is 0.389 e. The number of benzene rings is 1. The Morgan fingerprint density at radius 2 is 2.27 bits per heavy atom. The van der Waals surface area contributed by atoms with Gasteiger partial charge < -0.3 is 9.84 Å². The monoisotopic (exact) mass is 288 g/mol. The molecule has 1 aliphatic rings. The van der Waals surface area contributed by atoms with Crippen LogP contribution < -0.4 is 0 Å². The minimum atomic E-state index is -0.410. The Bertz CT molecular complexity index is 350. The second kappa shape index (κ2) is 4.87. The van der Waals surface area contributed by atoms with Gasteiger partial charge in [0.25, 0.3) is 0 Å². The van der Waals surface area contributed by atoms with Gasteiger partial charge in [-0.15, -0.1) is 11.8 Å². The smallest absolute Gasteiger partial charge is 0.0762 e. The first-order valence-electron chi connectivity index (χ1n) is 4.88. The molecular formula is C11H13BrO2S. The number of halogens is 1. The van der Waals surface area contributed by atoms with Gasteiger partial charge in [0.15, 0.2) is 0 Å². The van der Waals surface area contributed by atoms with Gasteiger partial charge in [0.05, 0.1) is 24.6 Å². The van der Waals surface area contributed by atoms with Crippen LogP contribution in [0.3, 0.4) is 0 Å². The molecule has 0 radical (unpaired) electrons. The van der Waals surface area contributed by atoms with Crippen LogP contribution in [-0.2, 0) is 4.74 Å². The Hall–Kier alpha value is -0.0300. The predicted octanol–water partition coefficient (Wildman–Crippen LogP) is 2.99. The summed E-state index contributed by atoms with van der Waals surface area (Å²) in [4.78, 5) is 1.22. The molecule has 1 saturated heterocycles. The Balaban J connectivity index is 2.11. The summed E-state index contributed by atoms with van der Waals surface area (Å²) >= 11 is 5.35. The second-order valence-electron chi connectivity index (χ2n) is 3.64. The van der Waals surface area contributed by atoms with E-state index in [1.807, 2.05) is 23.9 Å². The highest BCUT2D eigenvalue weighted by atomic mass is 79.9. The minimum Gasteiger partial charge on any atom is -0.389 e. The molecule has 1 atom stereocenters. The molecule has 82 valence electrons. The van der Waals surface area contributed by atoms with Gasteiger partial charge in [-0.05, 0) is 40.5 Å². The average molecular weight is 289 g/mol. The van der Waals surface area contributed by atoms with Gasteiger partial charge in [-0.25, -0.2) is 0 Å². The van der Waals surface area contributed by atoms with Crippen LogP contribution in [0.1, 0.15) is 18.6 Å². The molecule has 0 aliphatic carbocycles. The fourth-order valence-electron chi connectivity index (χ4n) is 1.33. The Kier molecular flexibility index (Phi) is 3.72. The summed E-state index contributed by atoms with van der Waals surface area (Å²) in [7, 11) is 0. The molecule has 1 aromatic carbocycles. The number of aliphatic hydroxyl groups is 1. The summed E-state index contributed by atoms with van der Waals surface area (Å²) in [6, 6.07) is 6.00. The quantitative estimate of drug-likeness (QED) is 0.927. The number of thioether (sulfide) groups is 1. The molecule has 1 unspecified atom stereocenters. The molecular weight excluding hydrogens is 276 g/mol. The van der Waals surface area contributed by atoms with Crippen molar-refractivity contribution in [2.75, 3.05) is 13.2 Å². The van der Waals surface area contributed by atoms with Crippen LogP contribution in [0.2, 0.25) is 0 Å². The van der Waals surface area contributed by atoms with Gasteiger partial charge >= 0.3 is 0 Å². The SMILES string of the molecule is CC(O)c1ccc(SC2COC2)c(Br)c1. The molecule has 0 amide bonds. The minimum absolute atomic E-state index is 0.410. The molecule has 0 spiro atoms. The zero-order chi connectivity index (χ0) is 10.8. The Labute approximate surface area is 102 Å². The third-order valence-electron chi connectivity index (χ3n) is 2.34. The van der Waals surface area contributed by atoms with Crippen molar-refractivity contribution >= 4 is 27.7 Å². The molecule has 15 heavy (non-hydrogen) atoms. The zero-order valence-electron chi connectivity index (χ0n) is 8.44. The van der Waals surface area contributed by atoms with Gasteiger partial charge in [-0.3, -0.25) is 0 Å². The predicted molar refractivity (Wildman–Crippen MR) is 65.2 cm³/mol. The number of rotatable bonds is 3. The van der Waals surface area contributed by atoms with Gasteiger partial charge in [-0.2, -0.15) is 0 Å². The molecule has 4 heteroatoms. The standard InChI is InChI=1S/C11H13BrO2S/c1-7(13)8-2-3-11(10(12)4-8)15-9-5-14-6-9/h2-4,7,9,13H,5-6H2,1H3. The summed E-state index contributed by atoms with van der Waals surface area (Å²) in [5.41, 5.74) is 0.941. The molecule has 0 saturated carbocycles. The van der Waals surface area contributed by atoms with Crippen molar-refractivity contribution in [1.82, 2.24) is 0 Å². The molecule has 1 fully saturated rings. The lowest BCUT2D eigenvalue weighted by molar-refractivity contribution is 0.0455. The first kappa shape index (κ1) is 11.5. The van der Waals surface area contributed by atoms with Crippen molar-refractivity contribution in [3.8, 4) is 0 Å². The van der Waals surface area contributed by atoms with E-state index in [9.17, 15) is 5.11 Å². The molecule has 0 bridgehead atoms. The van der Waals surface area contributed by atoms with E-state index >= 15 is 0 Å². The third kappa shape index (κ3) is 2.75. The maximum absolute atomic E-state index is 9.43. The van der Waals surface area contributed by atoms with E-state index in [1.54, 1.807) is 6.92 Å². The molecule has 2 nitrogen and oxygen atoms in total. The van der Waals surface area contributed by atoms with Crippen molar-refractivity contribution in [3.63, 3.8) is 0 Å². The van der Waals surface area contributed by atoms with Crippen LogP contribution >= 0.6 is 27.7 Å². The lowest BCUT2D eigenvalue weighted by Crippen LogP contribution is -2.30. The Morgan fingerprint density at radius 1 is 1.53 bits per heavy atom. The topological polar surface area (TPSA) is 29.5 Å². The van der Waals surface area contributed by atoms with Crippen molar-refractivity contribution in [3.05, 3.63) is 28.2 Å². The van der Waals surface area contributed by atoms with E-state index in [4.69, 9.17) is 4.74 Å². The van der Waals surface area contributed by atoms with E-state index in [-0.39, 0.29) is 0 Å².